The minimum atomic E-state index is 1.30. The summed E-state index contributed by atoms with van der Waals surface area (Å²) in [6.45, 7) is 6.55. The molecular formula is C17H17N. The van der Waals surface area contributed by atoms with Crippen molar-refractivity contribution < 1.29 is 0 Å². The van der Waals surface area contributed by atoms with Gasteiger partial charge >= 0.3 is 0 Å². The van der Waals surface area contributed by atoms with Crippen LogP contribution in [0.4, 0.5) is 0 Å². The number of aromatic nitrogens is 1. The molecule has 0 aliphatic heterocycles. The van der Waals surface area contributed by atoms with Crippen LogP contribution in [-0.4, -0.2) is 4.40 Å². The van der Waals surface area contributed by atoms with Gasteiger partial charge in [0.15, 0.2) is 0 Å². The molecule has 0 aliphatic rings. The maximum Gasteiger partial charge on any atom is 0.0491 e. The van der Waals surface area contributed by atoms with E-state index in [2.05, 4.69) is 73.8 Å². The van der Waals surface area contributed by atoms with Crippen LogP contribution in [0, 0.1) is 20.8 Å². The highest BCUT2D eigenvalue weighted by atomic mass is 14.9. The van der Waals surface area contributed by atoms with Crippen molar-refractivity contribution in [3.63, 3.8) is 0 Å². The fourth-order valence-electron chi connectivity index (χ4n) is 2.74. The van der Waals surface area contributed by atoms with E-state index >= 15 is 0 Å². The van der Waals surface area contributed by atoms with Crippen molar-refractivity contribution in [3.05, 3.63) is 65.5 Å². The number of benzene rings is 1. The van der Waals surface area contributed by atoms with Gasteiger partial charge in [0.25, 0.3) is 0 Å². The summed E-state index contributed by atoms with van der Waals surface area (Å²) < 4.78 is 2.28. The van der Waals surface area contributed by atoms with E-state index in [0.29, 0.717) is 0 Å². The van der Waals surface area contributed by atoms with E-state index in [1.807, 2.05) is 0 Å². The lowest BCUT2D eigenvalue weighted by Gasteiger charge is -2.02. The first-order chi connectivity index (χ1) is 8.68. The molecule has 2 aromatic heterocycles. The first-order valence-corrected chi connectivity index (χ1v) is 6.32. The molecule has 3 aromatic rings. The molecule has 0 saturated heterocycles. The van der Waals surface area contributed by atoms with Gasteiger partial charge in [-0.1, -0.05) is 30.3 Å². The molecular weight excluding hydrogens is 218 g/mol. The largest absolute Gasteiger partial charge is 0.320 e. The van der Waals surface area contributed by atoms with Crippen molar-refractivity contribution in [2.45, 2.75) is 20.8 Å². The Hall–Kier alpha value is -2.02. The second kappa shape index (κ2) is 4.02. The van der Waals surface area contributed by atoms with Crippen LogP contribution in [0.2, 0.25) is 0 Å². The number of hydrogen-bond acceptors (Lipinski definition) is 0. The molecule has 0 fully saturated rings. The molecule has 1 nitrogen and oxygen atoms in total. The number of aryl methyl sites for hydroxylation is 3. The van der Waals surface area contributed by atoms with Crippen LogP contribution in [-0.2, 0) is 0 Å². The molecule has 2 heterocycles. The van der Waals surface area contributed by atoms with Gasteiger partial charge in [-0.05, 0) is 49.6 Å². The fraction of sp³-hybridized carbons (Fsp3) is 0.176. The number of nitrogens with zero attached hydrogens (tertiary/aromatic N) is 1. The predicted molar refractivity (Wildman–Crippen MR) is 77.0 cm³/mol. The number of fused-ring (bicyclic) bond motifs is 1. The Morgan fingerprint density at radius 2 is 1.61 bits per heavy atom. The standard InChI is InChI=1S/C17H17N/c1-12-9-10-18-14(3)17(13(2)16(18)11-12)15-7-5-4-6-8-15/h4-11H,1-3H3. The summed E-state index contributed by atoms with van der Waals surface area (Å²) in [6.07, 6.45) is 2.17. The molecule has 90 valence electrons. The van der Waals surface area contributed by atoms with Crippen LogP contribution in [0.3, 0.4) is 0 Å². The van der Waals surface area contributed by atoms with Gasteiger partial charge in [0.2, 0.25) is 0 Å². The summed E-state index contributed by atoms with van der Waals surface area (Å²) in [5.74, 6) is 0. The summed E-state index contributed by atoms with van der Waals surface area (Å²) in [5.41, 5.74) is 7.96. The van der Waals surface area contributed by atoms with E-state index in [9.17, 15) is 0 Å². The highest BCUT2D eigenvalue weighted by Gasteiger charge is 2.13. The number of rotatable bonds is 1. The van der Waals surface area contributed by atoms with Crippen molar-refractivity contribution in [2.75, 3.05) is 0 Å². The summed E-state index contributed by atoms with van der Waals surface area (Å²) in [7, 11) is 0. The van der Waals surface area contributed by atoms with E-state index in [0.717, 1.165) is 0 Å². The number of hydrogen-bond donors (Lipinski definition) is 0. The monoisotopic (exact) mass is 235 g/mol. The minimum absolute atomic E-state index is 1.30. The first-order valence-electron chi connectivity index (χ1n) is 6.32. The van der Waals surface area contributed by atoms with Crippen molar-refractivity contribution in [3.8, 4) is 11.1 Å². The van der Waals surface area contributed by atoms with Crippen molar-refractivity contribution >= 4 is 5.52 Å². The molecule has 1 aromatic carbocycles. The third-order valence-corrected chi connectivity index (χ3v) is 3.66. The molecule has 1 heteroatoms. The summed E-state index contributed by atoms with van der Waals surface area (Å²) >= 11 is 0. The fourth-order valence-corrected chi connectivity index (χ4v) is 2.74. The summed E-state index contributed by atoms with van der Waals surface area (Å²) in [4.78, 5) is 0. The van der Waals surface area contributed by atoms with E-state index in [1.165, 1.54) is 33.5 Å². The SMILES string of the molecule is Cc1ccn2c(C)c(-c3ccccc3)c(C)c2c1. The maximum absolute atomic E-state index is 2.28. The zero-order valence-electron chi connectivity index (χ0n) is 11.1. The molecule has 0 radical (unpaired) electrons. The van der Waals surface area contributed by atoms with Crippen LogP contribution < -0.4 is 0 Å². The van der Waals surface area contributed by atoms with Crippen molar-refractivity contribution in [1.29, 1.82) is 0 Å². The molecule has 18 heavy (non-hydrogen) atoms. The van der Waals surface area contributed by atoms with Gasteiger partial charge in [0.05, 0.1) is 0 Å². The third-order valence-electron chi connectivity index (χ3n) is 3.66. The second-order valence-corrected chi connectivity index (χ2v) is 4.91. The zero-order chi connectivity index (χ0) is 12.7. The van der Waals surface area contributed by atoms with Gasteiger partial charge < -0.3 is 4.40 Å². The van der Waals surface area contributed by atoms with Gasteiger partial charge in [0.1, 0.15) is 0 Å². The first kappa shape index (κ1) is 11.1. The molecule has 0 spiro atoms. The Kier molecular flexibility index (Phi) is 2.48. The van der Waals surface area contributed by atoms with E-state index < -0.39 is 0 Å². The van der Waals surface area contributed by atoms with E-state index in [1.54, 1.807) is 0 Å². The van der Waals surface area contributed by atoms with Crippen LogP contribution in [0.15, 0.2) is 48.7 Å². The lowest BCUT2D eigenvalue weighted by atomic mass is 10.0. The van der Waals surface area contributed by atoms with Crippen LogP contribution >= 0.6 is 0 Å². The number of pyridine rings is 1. The minimum Gasteiger partial charge on any atom is -0.320 e. The Morgan fingerprint density at radius 3 is 2.33 bits per heavy atom. The Morgan fingerprint density at radius 1 is 0.889 bits per heavy atom. The maximum atomic E-state index is 2.28. The van der Waals surface area contributed by atoms with Crippen molar-refractivity contribution in [2.24, 2.45) is 0 Å². The van der Waals surface area contributed by atoms with Gasteiger partial charge in [-0.15, -0.1) is 0 Å². The van der Waals surface area contributed by atoms with Gasteiger partial charge in [-0.3, -0.25) is 0 Å². The normalized spacial score (nSPS) is 11.1. The van der Waals surface area contributed by atoms with Gasteiger partial charge in [0, 0.05) is 23.0 Å². The second-order valence-electron chi connectivity index (χ2n) is 4.91. The Bertz CT molecular complexity index is 705. The van der Waals surface area contributed by atoms with E-state index in [4.69, 9.17) is 0 Å². The molecule has 0 saturated carbocycles. The molecule has 0 unspecified atom stereocenters. The lowest BCUT2D eigenvalue weighted by molar-refractivity contribution is 1.11. The van der Waals surface area contributed by atoms with Crippen LogP contribution in [0.25, 0.3) is 16.6 Å². The molecule has 0 aliphatic carbocycles. The van der Waals surface area contributed by atoms with Crippen LogP contribution in [0.5, 0.6) is 0 Å². The van der Waals surface area contributed by atoms with Gasteiger partial charge in [-0.25, -0.2) is 0 Å². The molecule has 0 amide bonds. The topological polar surface area (TPSA) is 4.41 Å². The molecule has 0 N–H and O–H groups in total. The zero-order valence-corrected chi connectivity index (χ0v) is 11.1. The summed E-state index contributed by atoms with van der Waals surface area (Å²) in [6, 6.07) is 15.0. The lowest BCUT2D eigenvalue weighted by Crippen LogP contribution is -1.87. The molecule has 0 bridgehead atoms. The van der Waals surface area contributed by atoms with Crippen molar-refractivity contribution in [1.82, 2.24) is 4.40 Å². The van der Waals surface area contributed by atoms with Crippen LogP contribution in [0.1, 0.15) is 16.8 Å². The highest BCUT2D eigenvalue weighted by molar-refractivity contribution is 5.79. The molecule has 0 atom stereocenters. The smallest absolute Gasteiger partial charge is 0.0491 e. The average Bonchev–Trinajstić information content (AvgIpc) is 2.63. The average molecular weight is 235 g/mol. The highest BCUT2D eigenvalue weighted by Crippen LogP contribution is 2.32. The Balaban J connectivity index is 2.37. The van der Waals surface area contributed by atoms with Gasteiger partial charge in [-0.2, -0.15) is 0 Å². The predicted octanol–water partition coefficient (Wildman–Crippen LogP) is 4.53. The molecule has 3 rings (SSSR count). The quantitative estimate of drug-likeness (QED) is 0.583. The summed E-state index contributed by atoms with van der Waals surface area (Å²) in [5, 5.41) is 0. The van der Waals surface area contributed by atoms with E-state index in [-0.39, 0.29) is 0 Å². The third kappa shape index (κ3) is 1.55. The Labute approximate surface area is 108 Å².